The van der Waals surface area contributed by atoms with Crippen molar-refractivity contribution in [1.29, 1.82) is 5.26 Å². The molecule has 5 aromatic rings. The summed E-state index contributed by atoms with van der Waals surface area (Å²) in [6.07, 6.45) is 3.00. The van der Waals surface area contributed by atoms with E-state index < -0.39 is 17.5 Å². The maximum absolute atomic E-state index is 16.8. The number of thiophene rings is 1. The minimum absolute atomic E-state index is 0.0213. The first-order valence-corrected chi connectivity index (χ1v) is 15.1. The van der Waals surface area contributed by atoms with Gasteiger partial charge in [-0.05, 0) is 27.1 Å². The molecule has 3 aromatic heterocycles. The molecular weight excluding hydrogens is 625 g/mol. The lowest BCUT2D eigenvalue weighted by atomic mass is 9.91. The molecule has 1 aliphatic heterocycles. The largest absolute Gasteiger partial charge is 0.389 e. The molecule has 2 aromatic carbocycles. The van der Waals surface area contributed by atoms with Crippen LogP contribution >= 0.6 is 22.9 Å². The first kappa shape index (κ1) is 30.6. The molecule has 0 unspecified atom stereocenters. The van der Waals surface area contributed by atoms with Crippen LogP contribution in [0.5, 0.6) is 0 Å². The molecule has 10 nitrogen and oxygen atoms in total. The van der Waals surface area contributed by atoms with E-state index in [0.29, 0.717) is 37.3 Å². The van der Waals surface area contributed by atoms with Gasteiger partial charge in [0.1, 0.15) is 46.2 Å². The fourth-order valence-corrected chi connectivity index (χ4v) is 6.78. The summed E-state index contributed by atoms with van der Waals surface area (Å²) in [6, 6.07) is 3.96. The molecule has 0 aliphatic carbocycles. The number of nitrogens with zero attached hydrogens (tertiary/aromatic N) is 7. The SMILES string of the molecule is C[C@@H](CNc1nc(N2CC(C)(N(C)C)C2)nc2c(F)c(-c3c(F)cc(F)c4sc(N)c(C#N)c34)c(Cl)cc12)c1cncnc1N. The third-order valence-corrected chi connectivity index (χ3v) is 9.76. The maximum Gasteiger partial charge on any atom is 0.228 e. The van der Waals surface area contributed by atoms with E-state index in [1.54, 1.807) is 6.20 Å². The van der Waals surface area contributed by atoms with Crippen molar-refractivity contribution < 1.29 is 13.2 Å². The molecule has 0 radical (unpaired) electrons. The number of likely N-dealkylation sites (N-methyl/N-ethyl adjacent to an activating group) is 1. The number of aromatic nitrogens is 4. The van der Waals surface area contributed by atoms with Crippen molar-refractivity contribution in [2.45, 2.75) is 25.3 Å². The van der Waals surface area contributed by atoms with Crippen molar-refractivity contribution in [1.82, 2.24) is 24.8 Å². The molecular formula is C30H28ClF3N10S. The normalized spacial score (nSPS) is 15.0. The lowest BCUT2D eigenvalue weighted by Gasteiger charge is -2.51. The second-order valence-electron chi connectivity index (χ2n) is 11.6. The van der Waals surface area contributed by atoms with Crippen LogP contribution in [0.15, 0.2) is 24.7 Å². The number of nitriles is 1. The van der Waals surface area contributed by atoms with Crippen LogP contribution in [0.1, 0.15) is 30.9 Å². The van der Waals surface area contributed by atoms with Gasteiger partial charge < -0.3 is 26.6 Å². The van der Waals surface area contributed by atoms with Gasteiger partial charge in [0.15, 0.2) is 5.82 Å². The molecule has 45 heavy (non-hydrogen) atoms. The lowest BCUT2D eigenvalue weighted by Crippen LogP contribution is -2.67. The highest BCUT2D eigenvalue weighted by Crippen LogP contribution is 2.47. The Labute approximate surface area is 265 Å². The van der Waals surface area contributed by atoms with Crippen LogP contribution in [0.2, 0.25) is 5.02 Å². The Balaban J connectivity index is 1.53. The molecule has 6 rings (SSSR count). The first-order chi connectivity index (χ1) is 21.3. The number of anilines is 4. The van der Waals surface area contributed by atoms with Crippen molar-refractivity contribution >= 4 is 66.5 Å². The van der Waals surface area contributed by atoms with Crippen molar-refractivity contribution in [2.75, 3.05) is 55.4 Å². The Bertz CT molecular complexity index is 2040. The molecule has 5 N–H and O–H groups in total. The second kappa shape index (κ2) is 11.2. The first-order valence-electron chi connectivity index (χ1n) is 13.9. The third kappa shape index (κ3) is 5.01. The van der Waals surface area contributed by atoms with Gasteiger partial charge in [-0.25, -0.2) is 28.1 Å². The Kier molecular flexibility index (Phi) is 7.59. The zero-order valence-electron chi connectivity index (χ0n) is 24.7. The molecule has 1 aliphatic rings. The topological polar surface area (TPSA) is 146 Å². The van der Waals surface area contributed by atoms with Gasteiger partial charge in [-0.2, -0.15) is 10.2 Å². The lowest BCUT2D eigenvalue weighted by molar-refractivity contribution is 0.132. The molecule has 0 spiro atoms. The van der Waals surface area contributed by atoms with Gasteiger partial charge in [0.25, 0.3) is 0 Å². The van der Waals surface area contributed by atoms with Gasteiger partial charge in [0.2, 0.25) is 5.95 Å². The number of nitrogen functional groups attached to an aromatic ring is 2. The van der Waals surface area contributed by atoms with E-state index in [4.69, 9.17) is 28.1 Å². The molecule has 0 bridgehead atoms. The van der Waals surface area contributed by atoms with Gasteiger partial charge in [0.05, 0.1) is 20.8 Å². The van der Waals surface area contributed by atoms with Crippen molar-refractivity contribution in [2.24, 2.45) is 0 Å². The van der Waals surface area contributed by atoms with Gasteiger partial charge in [-0.3, -0.25) is 0 Å². The molecule has 1 fully saturated rings. The standard InChI is InChI=1S/C30H28ClF3N10S/c1-13(16-9-38-12-40-26(16)36)8-39-28-14-5-17(31)21(22-18(32)6-19(33)25-20(22)15(7-35)27(37)45-25)23(34)24(14)41-29(42-28)44-10-30(2,11-44)43(3)4/h5-6,9,12-13H,8,10-11,37H2,1-4H3,(H2,36,38,40)(H,39,41,42)/t13-/m0/s1. The van der Waals surface area contributed by atoms with Crippen LogP contribution in [0.25, 0.3) is 32.1 Å². The second-order valence-corrected chi connectivity index (χ2v) is 13.0. The van der Waals surface area contributed by atoms with Crippen LogP contribution in [-0.2, 0) is 0 Å². The van der Waals surface area contributed by atoms with E-state index in [1.807, 2.05) is 32.0 Å². The van der Waals surface area contributed by atoms with E-state index in [9.17, 15) is 9.65 Å². The monoisotopic (exact) mass is 652 g/mol. The van der Waals surface area contributed by atoms with E-state index in [-0.39, 0.29) is 65.1 Å². The predicted molar refractivity (Wildman–Crippen MR) is 172 cm³/mol. The van der Waals surface area contributed by atoms with Crippen molar-refractivity contribution in [3.63, 3.8) is 0 Å². The van der Waals surface area contributed by atoms with Crippen LogP contribution in [0, 0.1) is 28.8 Å². The van der Waals surface area contributed by atoms with Gasteiger partial charge >= 0.3 is 0 Å². The summed E-state index contributed by atoms with van der Waals surface area (Å²) >= 11 is 7.46. The number of rotatable bonds is 7. The van der Waals surface area contributed by atoms with E-state index >= 15 is 8.78 Å². The summed E-state index contributed by atoms with van der Waals surface area (Å²) in [7, 11) is 3.95. The van der Waals surface area contributed by atoms with Crippen molar-refractivity contribution in [3.05, 3.63) is 58.3 Å². The Morgan fingerprint density at radius 1 is 1.18 bits per heavy atom. The summed E-state index contributed by atoms with van der Waals surface area (Å²) in [4.78, 5) is 21.5. The van der Waals surface area contributed by atoms with E-state index in [0.717, 1.165) is 16.9 Å². The maximum atomic E-state index is 16.8. The van der Waals surface area contributed by atoms with Crippen LogP contribution in [0.4, 0.5) is 35.8 Å². The quantitative estimate of drug-likeness (QED) is 0.198. The number of fused-ring (bicyclic) bond motifs is 2. The molecule has 0 saturated carbocycles. The Hall–Kier alpha value is -4.45. The molecule has 1 saturated heterocycles. The zero-order chi connectivity index (χ0) is 32.4. The summed E-state index contributed by atoms with van der Waals surface area (Å²) in [6.45, 7) is 5.50. The van der Waals surface area contributed by atoms with Gasteiger partial charge in [-0.15, -0.1) is 11.3 Å². The molecule has 1 atom stereocenters. The summed E-state index contributed by atoms with van der Waals surface area (Å²) < 4.78 is 47.1. The highest BCUT2D eigenvalue weighted by molar-refractivity contribution is 7.23. The zero-order valence-corrected chi connectivity index (χ0v) is 26.3. The van der Waals surface area contributed by atoms with Crippen LogP contribution in [0.3, 0.4) is 0 Å². The number of hydrogen-bond donors (Lipinski definition) is 3. The number of benzene rings is 2. The fourth-order valence-electron chi connectivity index (χ4n) is 5.56. The molecule has 4 heterocycles. The van der Waals surface area contributed by atoms with Gasteiger partial charge in [0, 0.05) is 65.3 Å². The molecule has 0 amide bonds. The van der Waals surface area contributed by atoms with Crippen LogP contribution in [-0.4, -0.2) is 64.1 Å². The summed E-state index contributed by atoms with van der Waals surface area (Å²) in [5.74, 6) is -2.22. The highest BCUT2D eigenvalue weighted by Gasteiger charge is 2.42. The number of halogens is 4. The fraction of sp³-hybridized carbons (Fsp3) is 0.300. The highest BCUT2D eigenvalue weighted by atomic mass is 35.5. The van der Waals surface area contributed by atoms with Gasteiger partial charge in [-0.1, -0.05) is 18.5 Å². The molecule has 232 valence electrons. The number of nitrogens with one attached hydrogen (secondary N) is 1. The van der Waals surface area contributed by atoms with E-state index in [2.05, 4.69) is 32.1 Å². The summed E-state index contributed by atoms with van der Waals surface area (Å²) in [5, 5.41) is 12.9. The third-order valence-electron chi connectivity index (χ3n) is 8.43. The predicted octanol–water partition coefficient (Wildman–Crippen LogP) is 5.76. The average molecular weight is 653 g/mol. The van der Waals surface area contributed by atoms with Crippen molar-refractivity contribution in [3.8, 4) is 17.2 Å². The average Bonchev–Trinajstić information content (AvgIpc) is 3.32. The summed E-state index contributed by atoms with van der Waals surface area (Å²) in [5.41, 5.74) is 11.6. The Morgan fingerprint density at radius 2 is 1.91 bits per heavy atom. The smallest absolute Gasteiger partial charge is 0.228 e. The minimum atomic E-state index is -1.09. The van der Waals surface area contributed by atoms with Crippen LogP contribution < -0.4 is 21.7 Å². The minimum Gasteiger partial charge on any atom is -0.389 e. The number of nitrogens with two attached hydrogens (primary N) is 2. The number of hydrogen-bond acceptors (Lipinski definition) is 11. The molecule has 15 heteroatoms. The Morgan fingerprint density at radius 3 is 2.58 bits per heavy atom. The van der Waals surface area contributed by atoms with E-state index in [1.165, 1.54) is 12.4 Å².